The van der Waals surface area contributed by atoms with E-state index in [9.17, 15) is 4.79 Å². The summed E-state index contributed by atoms with van der Waals surface area (Å²) in [5.41, 5.74) is 4.01. The van der Waals surface area contributed by atoms with Crippen LogP contribution in [-0.4, -0.2) is 10.9 Å². The molecule has 0 unspecified atom stereocenters. The summed E-state index contributed by atoms with van der Waals surface area (Å²) in [6.07, 6.45) is 3.96. The van der Waals surface area contributed by atoms with Gasteiger partial charge in [0, 0.05) is 11.8 Å². The molecule has 1 amide bonds. The molecule has 0 bridgehead atoms. The van der Waals surface area contributed by atoms with Crippen LogP contribution in [-0.2, 0) is 6.54 Å². The van der Waals surface area contributed by atoms with Gasteiger partial charge in [-0.3, -0.25) is 9.78 Å². The monoisotopic (exact) mass is 308 g/mol. The van der Waals surface area contributed by atoms with Gasteiger partial charge in [-0.2, -0.15) is 0 Å². The smallest absolute Gasteiger partial charge is 0.251 e. The fraction of sp³-hybridized carbons (Fsp3) is 0.300. The molecule has 0 saturated carbocycles. The third-order valence-electron chi connectivity index (χ3n) is 3.41. The number of pyridine rings is 1. The lowest BCUT2D eigenvalue weighted by Crippen LogP contribution is -2.23. The largest absolute Gasteiger partial charge is 0.346 e. The zero-order valence-electron chi connectivity index (χ0n) is 14.3. The second-order valence-electron chi connectivity index (χ2n) is 6.77. The van der Waals surface area contributed by atoms with E-state index >= 15 is 0 Å². The third-order valence-corrected chi connectivity index (χ3v) is 3.41. The molecular formula is C20H24N2O. The fourth-order valence-corrected chi connectivity index (χ4v) is 2.39. The first kappa shape index (κ1) is 16.9. The highest BCUT2D eigenvalue weighted by Crippen LogP contribution is 2.23. The molecular weight excluding hydrogens is 284 g/mol. The molecule has 0 aliphatic carbocycles. The maximum atomic E-state index is 12.2. The van der Waals surface area contributed by atoms with Crippen molar-refractivity contribution in [2.75, 3.05) is 0 Å². The lowest BCUT2D eigenvalue weighted by Gasteiger charge is -2.14. The number of nitrogens with zero attached hydrogens (tertiary/aromatic N) is 1. The summed E-state index contributed by atoms with van der Waals surface area (Å²) in [7, 11) is 0. The maximum Gasteiger partial charge on any atom is 0.251 e. The molecule has 0 saturated heterocycles. The summed E-state index contributed by atoms with van der Waals surface area (Å²) in [4.78, 5) is 16.4. The molecule has 3 heteroatoms. The van der Waals surface area contributed by atoms with Crippen LogP contribution < -0.4 is 5.32 Å². The zero-order chi connectivity index (χ0) is 16.9. The second-order valence-corrected chi connectivity index (χ2v) is 6.77. The van der Waals surface area contributed by atoms with E-state index in [1.165, 1.54) is 5.57 Å². The number of rotatable bonds is 4. The van der Waals surface area contributed by atoms with Crippen LogP contribution in [0.5, 0.6) is 0 Å². The molecule has 1 heterocycles. The summed E-state index contributed by atoms with van der Waals surface area (Å²) < 4.78 is 0. The van der Waals surface area contributed by atoms with Crippen LogP contribution in [0.2, 0.25) is 0 Å². The number of benzene rings is 1. The molecule has 120 valence electrons. The van der Waals surface area contributed by atoms with Crippen molar-refractivity contribution in [3.05, 3.63) is 71.6 Å². The van der Waals surface area contributed by atoms with E-state index in [2.05, 4.69) is 44.1 Å². The van der Waals surface area contributed by atoms with Crippen molar-refractivity contribution in [3.63, 3.8) is 0 Å². The minimum Gasteiger partial charge on any atom is -0.346 e. The SMILES string of the molecule is C/C(=C\C(C)(C)C)c1ccc(C(=O)NCc2ccccn2)cc1. The quantitative estimate of drug-likeness (QED) is 0.906. The lowest BCUT2D eigenvalue weighted by molar-refractivity contribution is 0.0950. The van der Waals surface area contributed by atoms with Crippen molar-refractivity contribution >= 4 is 11.5 Å². The van der Waals surface area contributed by atoms with Crippen LogP contribution in [0.1, 0.15) is 49.3 Å². The number of amides is 1. The summed E-state index contributed by atoms with van der Waals surface area (Å²) in [5.74, 6) is -0.0837. The Kier molecular flexibility index (Phi) is 5.32. The minimum atomic E-state index is -0.0837. The highest BCUT2D eigenvalue weighted by atomic mass is 16.1. The molecule has 2 rings (SSSR count). The van der Waals surface area contributed by atoms with E-state index in [4.69, 9.17) is 0 Å². The molecule has 3 nitrogen and oxygen atoms in total. The molecule has 0 fully saturated rings. The van der Waals surface area contributed by atoms with Gasteiger partial charge in [-0.15, -0.1) is 0 Å². The van der Waals surface area contributed by atoms with E-state index in [-0.39, 0.29) is 11.3 Å². The van der Waals surface area contributed by atoms with Gasteiger partial charge in [-0.05, 0) is 47.7 Å². The number of hydrogen-bond acceptors (Lipinski definition) is 2. The molecule has 0 aliphatic heterocycles. The molecule has 0 radical (unpaired) electrons. The summed E-state index contributed by atoms with van der Waals surface area (Å²) >= 11 is 0. The first-order valence-electron chi connectivity index (χ1n) is 7.83. The van der Waals surface area contributed by atoms with Crippen LogP contribution in [0.15, 0.2) is 54.7 Å². The number of allylic oxidation sites excluding steroid dienone is 2. The van der Waals surface area contributed by atoms with Crippen LogP contribution in [0, 0.1) is 5.41 Å². The van der Waals surface area contributed by atoms with Crippen LogP contribution in [0.3, 0.4) is 0 Å². The average Bonchev–Trinajstić information content (AvgIpc) is 2.52. The Morgan fingerprint density at radius 1 is 1.09 bits per heavy atom. The van der Waals surface area contributed by atoms with Crippen molar-refractivity contribution in [3.8, 4) is 0 Å². The molecule has 23 heavy (non-hydrogen) atoms. The highest BCUT2D eigenvalue weighted by molar-refractivity contribution is 5.94. The van der Waals surface area contributed by atoms with Crippen molar-refractivity contribution in [2.24, 2.45) is 5.41 Å². The Bertz CT molecular complexity index is 680. The predicted molar refractivity (Wildman–Crippen MR) is 95.0 cm³/mol. The maximum absolute atomic E-state index is 12.2. The van der Waals surface area contributed by atoms with Gasteiger partial charge in [-0.25, -0.2) is 0 Å². The van der Waals surface area contributed by atoms with E-state index in [0.717, 1.165) is 11.3 Å². The van der Waals surface area contributed by atoms with Gasteiger partial charge in [0.15, 0.2) is 0 Å². The highest BCUT2D eigenvalue weighted by Gasteiger charge is 2.09. The predicted octanol–water partition coefficient (Wildman–Crippen LogP) is 4.46. The van der Waals surface area contributed by atoms with E-state index in [1.807, 2.05) is 42.5 Å². The number of carbonyl (C=O) groups is 1. The molecule has 1 aromatic carbocycles. The zero-order valence-corrected chi connectivity index (χ0v) is 14.3. The summed E-state index contributed by atoms with van der Waals surface area (Å²) in [5, 5.41) is 2.89. The number of hydrogen-bond donors (Lipinski definition) is 1. The van der Waals surface area contributed by atoms with Crippen LogP contribution in [0.25, 0.3) is 5.57 Å². The van der Waals surface area contributed by atoms with Gasteiger partial charge in [-0.1, -0.05) is 45.0 Å². The molecule has 1 aromatic heterocycles. The third kappa shape index (κ3) is 5.37. The van der Waals surface area contributed by atoms with Crippen molar-refractivity contribution in [1.29, 1.82) is 0 Å². The Hall–Kier alpha value is -2.42. The Labute approximate surface area is 138 Å². The molecule has 0 aliphatic rings. The molecule has 1 N–H and O–H groups in total. The topological polar surface area (TPSA) is 42.0 Å². The first-order chi connectivity index (χ1) is 10.8. The van der Waals surface area contributed by atoms with Gasteiger partial charge in [0.2, 0.25) is 0 Å². The number of aromatic nitrogens is 1. The van der Waals surface area contributed by atoms with Gasteiger partial charge < -0.3 is 5.32 Å². The van der Waals surface area contributed by atoms with E-state index in [1.54, 1.807) is 6.20 Å². The number of carbonyl (C=O) groups excluding carboxylic acids is 1. The van der Waals surface area contributed by atoms with Crippen LogP contribution in [0.4, 0.5) is 0 Å². The van der Waals surface area contributed by atoms with E-state index < -0.39 is 0 Å². The van der Waals surface area contributed by atoms with Gasteiger partial charge >= 0.3 is 0 Å². The van der Waals surface area contributed by atoms with Gasteiger partial charge in [0.1, 0.15) is 0 Å². The van der Waals surface area contributed by atoms with Crippen molar-refractivity contribution in [2.45, 2.75) is 34.2 Å². The fourth-order valence-electron chi connectivity index (χ4n) is 2.39. The standard InChI is InChI=1S/C20H24N2O/c1-15(13-20(2,3)4)16-8-10-17(11-9-16)19(23)22-14-18-7-5-6-12-21-18/h5-13H,14H2,1-4H3,(H,22,23)/b15-13+. The molecule has 0 spiro atoms. The normalized spacial score (nSPS) is 12.1. The minimum absolute atomic E-state index is 0.0837. The summed E-state index contributed by atoms with van der Waals surface area (Å²) in [6.45, 7) is 9.06. The van der Waals surface area contributed by atoms with Crippen molar-refractivity contribution in [1.82, 2.24) is 10.3 Å². The second kappa shape index (κ2) is 7.23. The number of nitrogens with one attached hydrogen (secondary N) is 1. The Morgan fingerprint density at radius 2 is 1.74 bits per heavy atom. The lowest BCUT2D eigenvalue weighted by atomic mass is 9.91. The van der Waals surface area contributed by atoms with E-state index in [0.29, 0.717) is 12.1 Å². The van der Waals surface area contributed by atoms with Gasteiger partial charge in [0.25, 0.3) is 5.91 Å². The van der Waals surface area contributed by atoms with Crippen molar-refractivity contribution < 1.29 is 4.79 Å². The first-order valence-corrected chi connectivity index (χ1v) is 7.83. The average molecular weight is 308 g/mol. The summed E-state index contributed by atoms with van der Waals surface area (Å²) in [6, 6.07) is 13.4. The molecule has 0 atom stereocenters. The van der Waals surface area contributed by atoms with Crippen LogP contribution >= 0.6 is 0 Å². The Balaban J connectivity index is 2.02. The Morgan fingerprint density at radius 3 is 2.30 bits per heavy atom. The van der Waals surface area contributed by atoms with Gasteiger partial charge in [0.05, 0.1) is 12.2 Å². The molecule has 2 aromatic rings.